The molecular weight excluding hydrogens is 470 g/mol. The molecule has 4 fully saturated rings. The second kappa shape index (κ2) is 36.7. The minimum absolute atomic E-state index is 0. The van der Waals surface area contributed by atoms with Crippen LogP contribution in [0.25, 0.3) is 0 Å². The van der Waals surface area contributed by atoms with Crippen LogP contribution in [0.1, 0.15) is 81.1 Å². The largest absolute Gasteiger partial charge is 0.306 e. The number of likely N-dealkylation sites (tertiary alicyclic amines) is 3. The zero-order valence-electron chi connectivity index (χ0n) is 21.6. The maximum Gasteiger partial charge on any atom is 0.0107 e. The lowest BCUT2D eigenvalue weighted by Gasteiger charge is -2.28. The van der Waals surface area contributed by atoms with E-state index < -0.39 is 0 Å². The molecule has 4 saturated heterocycles. The molecule has 0 unspecified atom stereocenters. The fourth-order valence-electron chi connectivity index (χ4n) is 3.89. The molecule has 0 aromatic heterocycles. The molecule has 0 radical (unpaired) electrons. The van der Waals surface area contributed by atoms with E-state index in [1.165, 1.54) is 117 Å². The number of halogens is 4. The molecule has 232 valence electrons. The van der Waals surface area contributed by atoms with Gasteiger partial charge in [0.25, 0.3) is 0 Å². The second-order valence-electron chi connectivity index (χ2n) is 9.34. The van der Waals surface area contributed by atoms with E-state index in [1.807, 2.05) is 0 Å². The summed E-state index contributed by atoms with van der Waals surface area (Å²) in [7, 11) is 10.9. The van der Waals surface area contributed by atoms with Crippen LogP contribution in [-0.4, -0.2) is 125 Å². The molecule has 0 spiro atoms. The summed E-state index contributed by atoms with van der Waals surface area (Å²) in [5.41, 5.74) is 0. The first-order valence-corrected chi connectivity index (χ1v) is 11.9. The number of piperazine rings is 1. The van der Waals surface area contributed by atoms with Crippen LogP contribution in [0.15, 0.2) is 0 Å². The van der Waals surface area contributed by atoms with Crippen LogP contribution >= 0.6 is 0 Å². The summed E-state index contributed by atoms with van der Waals surface area (Å²) in [6.07, 6.45) is 11.4. The highest BCUT2D eigenvalue weighted by Crippen LogP contribution is 2.05. The molecule has 9 heteroatoms. The van der Waals surface area contributed by atoms with Gasteiger partial charge in [0.15, 0.2) is 0 Å². The lowest BCUT2D eigenvalue weighted by atomic mass is 10.1. The number of likely N-dealkylation sites (N-methyl/N-ethyl adjacent to an activating group) is 2. The third-order valence-corrected chi connectivity index (χ3v) is 6.22. The molecule has 0 amide bonds. The van der Waals surface area contributed by atoms with Crippen molar-refractivity contribution >= 4 is 0 Å². The van der Waals surface area contributed by atoms with Crippen molar-refractivity contribution in [1.29, 1.82) is 0 Å². The average Bonchev–Trinajstić information content (AvgIpc) is 3.18. The predicted molar refractivity (Wildman–Crippen MR) is 161 cm³/mol. The normalized spacial score (nSPS) is 19.9. The maximum absolute atomic E-state index is 2.39. The standard InChI is InChI=1S/C6H14N2.2C6H13N.C5H11N.4CH4.4FH/c1-7-3-5-8(2)6-4-7;2*1-7-5-3-2-4-6-7;1-6-4-2-3-5-6;;;;;;;;/h3-6H2,1-2H3;2*2-6H2,1H3;2-5H2,1H3;4*1H4;4*1H. The lowest BCUT2D eigenvalue weighted by molar-refractivity contribution is 0.181. The quantitative estimate of drug-likeness (QED) is 0.352. The van der Waals surface area contributed by atoms with Gasteiger partial charge in [0.05, 0.1) is 0 Å². The summed E-state index contributed by atoms with van der Waals surface area (Å²) < 4.78 is 0. The zero-order chi connectivity index (χ0) is 20.6. The lowest BCUT2D eigenvalue weighted by Crippen LogP contribution is -2.42. The van der Waals surface area contributed by atoms with E-state index in [0.717, 1.165) is 0 Å². The molecule has 4 heterocycles. The van der Waals surface area contributed by atoms with E-state index >= 15 is 0 Å². The van der Waals surface area contributed by atoms with Gasteiger partial charge in [-0.05, 0) is 113 Å². The average molecular weight is 542 g/mol. The van der Waals surface area contributed by atoms with E-state index in [4.69, 9.17) is 0 Å². The smallest absolute Gasteiger partial charge is 0.0107 e. The third-order valence-electron chi connectivity index (χ3n) is 6.22. The van der Waals surface area contributed by atoms with Gasteiger partial charge in [0.2, 0.25) is 0 Å². The van der Waals surface area contributed by atoms with Crippen molar-refractivity contribution in [2.75, 3.05) is 101 Å². The molecular formula is C27H71F4N5. The van der Waals surface area contributed by atoms with Gasteiger partial charge in [-0.2, -0.15) is 0 Å². The number of hydrogen-bond acceptors (Lipinski definition) is 5. The SMILES string of the molecule is C.C.C.C.CN1CCCC1.CN1CCCCC1.CN1CCCCC1.CN1CCN(C)CC1.F.F.F.F. The van der Waals surface area contributed by atoms with Gasteiger partial charge < -0.3 is 24.5 Å². The summed E-state index contributed by atoms with van der Waals surface area (Å²) in [5, 5.41) is 0. The van der Waals surface area contributed by atoms with Crippen LogP contribution in [0.4, 0.5) is 18.8 Å². The topological polar surface area (TPSA) is 16.2 Å². The van der Waals surface area contributed by atoms with Gasteiger partial charge in [-0.3, -0.25) is 18.8 Å². The first-order valence-electron chi connectivity index (χ1n) is 11.9. The minimum Gasteiger partial charge on any atom is -0.306 e. The Kier molecular flexibility index (Phi) is 56.9. The van der Waals surface area contributed by atoms with E-state index in [2.05, 4.69) is 59.7 Å². The monoisotopic (exact) mass is 542 g/mol. The molecule has 0 N–H and O–H groups in total. The summed E-state index contributed by atoms with van der Waals surface area (Å²) >= 11 is 0. The predicted octanol–water partition coefficient (Wildman–Crippen LogP) is 5.93. The Labute approximate surface area is 225 Å². The van der Waals surface area contributed by atoms with Gasteiger partial charge in [-0.15, -0.1) is 0 Å². The Morgan fingerprint density at radius 1 is 0.250 bits per heavy atom. The highest BCUT2D eigenvalue weighted by Gasteiger charge is 2.08. The van der Waals surface area contributed by atoms with Gasteiger partial charge >= 0.3 is 0 Å². The van der Waals surface area contributed by atoms with Crippen LogP contribution in [0.3, 0.4) is 0 Å². The van der Waals surface area contributed by atoms with Crippen molar-refractivity contribution in [3.63, 3.8) is 0 Å². The van der Waals surface area contributed by atoms with Crippen molar-refractivity contribution in [3.05, 3.63) is 0 Å². The second-order valence-corrected chi connectivity index (χ2v) is 9.34. The van der Waals surface area contributed by atoms with E-state index in [0.29, 0.717) is 0 Å². The summed E-state index contributed by atoms with van der Waals surface area (Å²) in [6.45, 7) is 12.8. The molecule has 5 nitrogen and oxygen atoms in total. The fraction of sp³-hybridized carbons (Fsp3) is 1.00. The summed E-state index contributed by atoms with van der Waals surface area (Å²) in [4.78, 5) is 11.9. The summed E-state index contributed by atoms with van der Waals surface area (Å²) in [5.74, 6) is 0. The van der Waals surface area contributed by atoms with Gasteiger partial charge in [0, 0.05) is 26.2 Å². The highest BCUT2D eigenvalue weighted by molar-refractivity contribution is 4.64. The highest BCUT2D eigenvalue weighted by atomic mass is 19.0. The Balaban J connectivity index is -0.0000000452. The van der Waals surface area contributed by atoms with E-state index in [-0.39, 0.29) is 48.5 Å². The third kappa shape index (κ3) is 33.5. The minimum atomic E-state index is 0. The molecule has 0 aromatic carbocycles. The molecule has 0 aliphatic carbocycles. The van der Waals surface area contributed by atoms with Crippen molar-refractivity contribution in [3.8, 4) is 0 Å². The number of nitrogens with zero attached hydrogens (tertiary/aromatic N) is 5. The number of hydrogen-bond donors (Lipinski definition) is 0. The Hall–Kier alpha value is -0.480. The Morgan fingerprint density at radius 3 is 0.500 bits per heavy atom. The van der Waals surface area contributed by atoms with Crippen molar-refractivity contribution < 1.29 is 18.8 Å². The molecule has 0 bridgehead atoms. The van der Waals surface area contributed by atoms with Crippen LogP contribution in [0.2, 0.25) is 0 Å². The number of piperidine rings is 2. The van der Waals surface area contributed by atoms with Crippen LogP contribution in [0.5, 0.6) is 0 Å². The fourth-order valence-corrected chi connectivity index (χ4v) is 3.89. The molecule has 0 saturated carbocycles. The zero-order valence-corrected chi connectivity index (χ0v) is 21.6. The van der Waals surface area contributed by atoms with Crippen molar-refractivity contribution in [2.45, 2.75) is 81.1 Å². The maximum atomic E-state index is 2.39. The molecule has 36 heavy (non-hydrogen) atoms. The first-order chi connectivity index (χ1) is 13.5. The van der Waals surface area contributed by atoms with Crippen molar-refractivity contribution in [1.82, 2.24) is 24.5 Å². The summed E-state index contributed by atoms with van der Waals surface area (Å²) in [6, 6.07) is 0. The molecule has 0 atom stereocenters. The molecule has 4 aliphatic heterocycles. The van der Waals surface area contributed by atoms with E-state index in [1.54, 1.807) is 0 Å². The van der Waals surface area contributed by atoms with Crippen LogP contribution in [-0.2, 0) is 0 Å². The van der Waals surface area contributed by atoms with Crippen molar-refractivity contribution in [2.24, 2.45) is 0 Å². The van der Waals surface area contributed by atoms with Gasteiger partial charge in [-0.25, -0.2) is 0 Å². The molecule has 4 aliphatic rings. The van der Waals surface area contributed by atoms with Crippen LogP contribution in [0, 0.1) is 0 Å². The van der Waals surface area contributed by atoms with E-state index in [9.17, 15) is 0 Å². The first kappa shape index (κ1) is 55.9. The number of rotatable bonds is 0. The molecule has 0 aromatic rings. The Bertz CT molecular complexity index is 319. The van der Waals surface area contributed by atoms with Gasteiger partial charge in [-0.1, -0.05) is 42.5 Å². The van der Waals surface area contributed by atoms with Crippen LogP contribution < -0.4 is 0 Å². The molecule has 4 rings (SSSR count). The Morgan fingerprint density at radius 2 is 0.389 bits per heavy atom. The van der Waals surface area contributed by atoms with Gasteiger partial charge in [0.1, 0.15) is 0 Å².